The van der Waals surface area contributed by atoms with E-state index in [1.165, 1.54) is 25.7 Å². The van der Waals surface area contributed by atoms with Gasteiger partial charge in [-0.05, 0) is 49.2 Å². The van der Waals surface area contributed by atoms with E-state index >= 15 is 0 Å². The van der Waals surface area contributed by atoms with Gasteiger partial charge in [0.15, 0.2) is 8.32 Å². The predicted octanol–water partition coefficient (Wildman–Crippen LogP) is 3.92. The molecule has 3 heteroatoms. The van der Waals surface area contributed by atoms with Crippen LogP contribution in [0, 0.1) is 5.41 Å². The van der Waals surface area contributed by atoms with Crippen LogP contribution in [0.5, 0.6) is 0 Å². The quantitative estimate of drug-likeness (QED) is 0.597. The molecule has 84 valence electrons. The minimum atomic E-state index is -1.98. The van der Waals surface area contributed by atoms with Gasteiger partial charge in [-0.2, -0.15) is 0 Å². The summed E-state index contributed by atoms with van der Waals surface area (Å²) in [7, 11) is -1.98. The van der Waals surface area contributed by atoms with Crippen molar-refractivity contribution in [3.8, 4) is 0 Å². The van der Waals surface area contributed by atoms with Crippen molar-refractivity contribution in [3.63, 3.8) is 0 Å². The van der Waals surface area contributed by atoms with E-state index in [9.17, 15) is 4.80 Å². The number of hydrogen-bond donors (Lipinski definition) is 1. The maximum atomic E-state index is 10.2. The van der Waals surface area contributed by atoms with Crippen molar-refractivity contribution in [3.05, 3.63) is 0 Å². The van der Waals surface area contributed by atoms with E-state index in [0.717, 1.165) is 5.33 Å². The maximum Gasteiger partial charge on any atom is 0.188 e. The molecule has 0 bridgehead atoms. The van der Waals surface area contributed by atoms with Gasteiger partial charge in [0, 0.05) is 5.33 Å². The van der Waals surface area contributed by atoms with Gasteiger partial charge in [0.2, 0.25) is 0 Å². The third-order valence-corrected chi connectivity index (χ3v) is 8.93. The molecule has 0 amide bonds. The molecule has 0 heterocycles. The number of hydrogen-bond acceptors (Lipinski definition) is 1. The molecule has 0 aromatic rings. The molecule has 0 aromatic heterocycles. The molecule has 14 heavy (non-hydrogen) atoms. The second kappa shape index (κ2) is 3.91. The normalized spacial score (nSPS) is 21.0. The molecule has 1 saturated carbocycles. The highest BCUT2D eigenvalue weighted by atomic mass is 79.9. The van der Waals surface area contributed by atoms with E-state index in [1.807, 2.05) is 0 Å². The van der Waals surface area contributed by atoms with E-state index < -0.39 is 8.32 Å². The highest BCUT2D eigenvalue weighted by Gasteiger charge is 2.45. The fourth-order valence-electron chi connectivity index (χ4n) is 1.51. The zero-order valence-electron chi connectivity index (χ0n) is 9.86. The topological polar surface area (TPSA) is 20.2 Å². The number of halogens is 1. The van der Waals surface area contributed by atoms with Crippen LogP contribution in [0.1, 0.15) is 39.5 Å². The largest absolute Gasteiger partial charge is 0.432 e. The average molecular weight is 279 g/mol. The Balaban J connectivity index is 2.44. The lowest BCUT2D eigenvalue weighted by molar-refractivity contribution is 0.400. The molecule has 0 atom stereocenters. The maximum absolute atomic E-state index is 10.2. The molecule has 1 N–H and O–H groups in total. The van der Waals surface area contributed by atoms with Gasteiger partial charge in [-0.1, -0.05) is 29.8 Å². The van der Waals surface area contributed by atoms with Crippen molar-refractivity contribution >= 4 is 24.2 Å². The molecule has 1 rings (SSSR count). The van der Waals surface area contributed by atoms with Gasteiger partial charge >= 0.3 is 0 Å². The van der Waals surface area contributed by atoms with Crippen LogP contribution in [-0.4, -0.2) is 18.4 Å². The standard InChI is InChI=1S/C11H23BrOSi/c1-10(2,14(3,4)13)5-6-11(9-12)7-8-11/h13H,5-9H2,1-4H3. The SMILES string of the molecule is CC(C)(CCC1(CBr)CC1)[Si](C)(C)O. The molecule has 0 spiro atoms. The minimum absolute atomic E-state index is 0.157. The van der Waals surface area contributed by atoms with Gasteiger partial charge in [0.05, 0.1) is 0 Å². The summed E-state index contributed by atoms with van der Waals surface area (Å²) in [6, 6.07) is 0. The summed E-state index contributed by atoms with van der Waals surface area (Å²) in [5.41, 5.74) is 0.594. The Hall–Kier alpha value is 0.657. The molecule has 0 aromatic carbocycles. The Morgan fingerprint density at radius 3 is 2.14 bits per heavy atom. The van der Waals surface area contributed by atoms with Gasteiger partial charge in [-0.3, -0.25) is 0 Å². The van der Waals surface area contributed by atoms with Crippen molar-refractivity contribution in [1.29, 1.82) is 0 Å². The Labute approximate surface area is 97.5 Å². The summed E-state index contributed by atoms with van der Waals surface area (Å²) >= 11 is 3.60. The minimum Gasteiger partial charge on any atom is -0.432 e. The van der Waals surface area contributed by atoms with Gasteiger partial charge in [-0.25, -0.2) is 0 Å². The molecular formula is C11H23BrOSi. The van der Waals surface area contributed by atoms with Crippen molar-refractivity contribution < 1.29 is 4.80 Å². The number of rotatable bonds is 5. The van der Waals surface area contributed by atoms with E-state index in [-0.39, 0.29) is 5.04 Å². The lowest BCUT2D eigenvalue weighted by Crippen LogP contribution is -2.39. The van der Waals surface area contributed by atoms with Crippen molar-refractivity contribution in [2.45, 2.75) is 57.7 Å². The lowest BCUT2D eigenvalue weighted by atomic mass is 9.96. The van der Waals surface area contributed by atoms with Gasteiger partial charge in [-0.15, -0.1) is 0 Å². The van der Waals surface area contributed by atoms with Crippen LogP contribution in [-0.2, 0) is 0 Å². The number of alkyl halides is 1. The molecular weight excluding hydrogens is 256 g/mol. The second-order valence-electron chi connectivity index (χ2n) is 6.08. The lowest BCUT2D eigenvalue weighted by Gasteiger charge is -2.36. The van der Waals surface area contributed by atoms with Crippen LogP contribution in [0.15, 0.2) is 0 Å². The Bertz CT molecular complexity index is 204. The first-order valence-corrected chi connectivity index (χ1v) is 9.58. The first-order chi connectivity index (χ1) is 6.22. The smallest absolute Gasteiger partial charge is 0.188 e. The molecule has 1 fully saturated rings. The van der Waals surface area contributed by atoms with E-state index in [1.54, 1.807) is 0 Å². The van der Waals surface area contributed by atoms with Crippen molar-refractivity contribution in [1.82, 2.24) is 0 Å². The Kier molecular flexibility index (Phi) is 3.55. The van der Waals surface area contributed by atoms with E-state index in [4.69, 9.17) is 0 Å². The third kappa shape index (κ3) is 2.83. The molecule has 0 aliphatic heterocycles. The summed E-state index contributed by atoms with van der Waals surface area (Å²) in [6.45, 7) is 8.56. The summed E-state index contributed by atoms with van der Waals surface area (Å²) in [5.74, 6) is 0. The van der Waals surface area contributed by atoms with Crippen LogP contribution in [0.2, 0.25) is 18.1 Å². The fourth-order valence-corrected chi connectivity index (χ4v) is 3.09. The molecule has 0 radical (unpaired) electrons. The van der Waals surface area contributed by atoms with Crippen LogP contribution in [0.25, 0.3) is 0 Å². The van der Waals surface area contributed by atoms with Crippen LogP contribution in [0.4, 0.5) is 0 Å². The molecule has 1 aliphatic rings. The summed E-state index contributed by atoms with van der Waals surface area (Å²) in [4.78, 5) is 10.2. The summed E-state index contributed by atoms with van der Waals surface area (Å²) < 4.78 is 0. The molecule has 1 aliphatic carbocycles. The van der Waals surface area contributed by atoms with Crippen LogP contribution < -0.4 is 0 Å². The molecule has 1 nitrogen and oxygen atoms in total. The molecule has 0 saturated heterocycles. The fraction of sp³-hybridized carbons (Fsp3) is 1.00. The Morgan fingerprint density at radius 1 is 1.36 bits per heavy atom. The third-order valence-electron chi connectivity index (χ3n) is 4.18. The summed E-state index contributed by atoms with van der Waals surface area (Å²) in [6.07, 6.45) is 5.21. The Morgan fingerprint density at radius 2 is 1.86 bits per heavy atom. The zero-order valence-corrected chi connectivity index (χ0v) is 12.4. The first kappa shape index (κ1) is 12.7. The highest BCUT2D eigenvalue weighted by molar-refractivity contribution is 9.09. The van der Waals surface area contributed by atoms with Gasteiger partial charge in [0.1, 0.15) is 0 Å². The highest BCUT2D eigenvalue weighted by Crippen LogP contribution is 2.54. The zero-order chi connectivity index (χ0) is 11.0. The first-order valence-electron chi connectivity index (χ1n) is 5.51. The van der Waals surface area contributed by atoms with Crippen molar-refractivity contribution in [2.75, 3.05) is 5.33 Å². The monoisotopic (exact) mass is 278 g/mol. The van der Waals surface area contributed by atoms with Gasteiger partial charge in [0.25, 0.3) is 0 Å². The van der Waals surface area contributed by atoms with Crippen LogP contribution >= 0.6 is 15.9 Å². The van der Waals surface area contributed by atoms with Crippen molar-refractivity contribution in [2.24, 2.45) is 5.41 Å². The average Bonchev–Trinajstić information content (AvgIpc) is 2.80. The summed E-state index contributed by atoms with van der Waals surface area (Å²) in [5, 5.41) is 1.30. The molecule has 0 unspecified atom stereocenters. The van der Waals surface area contributed by atoms with Crippen LogP contribution in [0.3, 0.4) is 0 Å². The second-order valence-corrected chi connectivity index (χ2v) is 11.1. The van der Waals surface area contributed by atoms with E-state index in [2.05, 4.69) is 42.9 Å². The predicted molar refractivity (Wildman–Crippen MR) is 68.4 cm³/mol. The van der Waals surface area contributed by atoms with Gasteiger partial charge < -0.3 is 4.80 Å². The van der Waals surface area contributed by atoms with E-state index in [0.29, 0.717) is 5.41 Å².